The Labute approximate surface area is 141 Å². The minimum atomic E-state index is 0.0511. The van der Waals surface area contributed by atoms with Gasteiger partial charge in [0.15, 0.2) is 0 Å². The van der Waals surface area contributed by atoms with E-state index in [4.69, 9.17) is 4.74 Å². The number of ether oxygens (including phenoxy) is 1. The number of aromatic nitrogens is 2. The highest BCUT2D eigenvalue weighted by atomic mass is 16.5. The first-order valence-corrected chi connectivity index (χ1v) is 8.65. The molecule has 5 heteroatoms. The van der Waals surface area contributed by atoms with E-state index in [1.54, 1.807) is 30.7 Å². The molecule has 124 valence electrons. The normalized spacial score (nSPS) is 20.7. The molecule has 0 radical (unpaired) electrons. The van der Waals surface area contributed by atoms with E-state index >= 15 is 0 Å². The summed E-state index contributed by atoms with van der Waals surface area (Å²) in [5.74, 6) is 0.611. The SMILES string of the molecule is O=C(c1ccnc(OC2CCC2)c1)N1CCC[C@H]1c1ccncc1. The smallest absolute Gasteiger partial charge is 0.254 e. The van der Waals surface area contributed by atoms with Crippen LogP contribution >= 0.6 is 0 Å². The van der Waals surface area contributed by atoms with Gasteiger partial charge in [-0.3, -0.25) is 9.78 Å². The Hall–Kier alpha value is -2.43. The molecule has 2 aliphatic rings. The summed E-state index contributed by atoms with van der Waals surface area (Å²) in [5, 5.41) is 0. The van der Waals surface area contributed by atoms with Crippen molar-refractivity contribution in [1.82, 2.24) is 14.9 Å². The fourth-order valence-electron chi connectivity index (χ4n) is 3.37. The summed E-state index contributed by atoms with van der Waals surface area (Å²) in [4.78, 5) is 23.3. The first-order valence-electron chi connectivity index (χ1n) is 8.65. The van der Waals surface area contributed by atoms with Gasteiger partial charge in [0.25, 0.3) is 5.91 Å². The number of nitrogens with zero attached hydrogens (tertiary/aromatic N) is 3. The number of carbonyl (C=O) groups is 1. The number of hydrogen-bond donors (Lipinski definition) is 0. The van der Waals surface area contributed by atoms with Crippen molar-refractivity contribution in [3.8, 4) is 5.88 Å². The van der Waals surface area contributed by atoms with Gasteiger partial charge in [-0.15, -0.1) is 0 Å². The molecule has 1 aliphatic carbocycles. The first-order chi connectivity index (χ1) is 11.8. The summed E-state index contributed by atoms with van der Waals surface area (Å²) in [6.45, 7) is 0.785. The molecule has 0 bridgehead atoms. The van der Waals surface area contributed by atoms with Crippen molar-refractivity contribution in [2.24, 2.45) is 0 Å². The van der Waals surface area contributed by atoms with Crippen molar-refractivity contribution in [3.63, 3.8) is 0 Å². The zero-order chi connectivity index (χ0) is 16.4. The highest BCUT2D eigenvalue weighted by Crippen LogP contribution is 2.33. The summed E-state index contributed by atoms with van der Waals surface area (Å²) in [5.41, 5.74) is 1.80. The van der Waals surface area contributed by atoms with Crippen molar-refractivity contribution in [2.45, 2.75) is 44.2 Å². The lowest BCUT2D eigenvalue weighted by Gasteiger charge is -2.27. The fourth-order valence-corrected chi connectivity index (χ4v) is 3.37. The maximum atomic E-state index is 13.0. The fraction of sp³-hybridized carbons (Fsp3) is 0.421. The van der Waals surface area contributed by atoms with Crippen molar-refractivity contribution in [3.05, 3.63) is 54.0 Å². The van der Waals surface area contributed by atoms with Gasteiger partial charge >= 0.3 is 0 Å². The van der Waals surface area contributed by atoms with Gasteiger partial charge in [0.1, 0.15) is 6.10 Å². The minimum Gasteiger partial charge on any atom is -0.474 e. The lowest BCUT2D eigenvalue weighted by Crippen LogP contribution is -2.31. The molecule has 5 nitrogen and oxygen atoms in total. The molecule has 24 heavy (non-hydrogen) atoms. The zero-order valence-electron chi connectivity index (χ0n) is 13.6. The van der Waals surface area contributed by atoms with Gasteiger partial charge in [-0.25, -0.2) is 4.98 Å². The van der Waals surface area contributed by atoms with Gasteiger partial charge in [-0.2, -0.15) is 0 Å². The van der Waals surface area contributed by atoms with E-state index in [1.165, 1.54) is 6.42 Å². The van der Waals surface area contributed by atoms with Crippen LogP contribution in [-0.2, 0) is 0 Å². The molecule has 2 aromatic heterocycles. The van der Waals surface area contributed by atoms with Crippen molar-refractivity contribution >= 4 is 5.91 Å². The molecule has 1 saturated carbocycles. The molecule has 1 atom stereocenters. The molecule has 1 saturated heterocycles. The maximum absolute atomic E-state index is 13.0. The Morgan fingerprint density at radius 2 is 1.92 bits per heavy atom. The van der Waals surface area contributed by atoms with Crippen LogP contribution in [0.1, 0.15) is 54.1 Å². The van der Waals surface area contributed by atoms with Crippen molar-refractivity contribution < 1.29 is 9.53 Å². The van der Waals surface area contributed by atoms with E-state index in [2.05, 4.69) is 9.97 Å². The van der Waals surface area contributed by atoms with E-state index in [9.17, 15) is 4.79 Å². The van der Waals surface area contributed by atoms with Crippen LogP contribution in [0.15, 0.2) is 42.9 Å². The number of amides is 1. The van der Waals surface area contributed by atoms with Gasteiger partial charge in [0.05, 0.1) is 6.04 Å². The lowest BCUT2D eigenvalue weighted by molar-refractivity contribution is 0.0732. The van der Waals surface area contributed by atoms with E-state index in [0.717, 1.165) is 37.8 Å². The standard InChI is InChI=1S/C19H21N3O2/c23-19(15-8-11-21-18(13-15)24-16-3-1-4-16)22-12-2-5-17(22)14-6-9-20-10-7-14/h6-11,13,16-17H,1-5,12H2/t17-/m0/s1. The third-order valence-electron chi connectivity index (χ3n) is 4.93. The van der Waals surface area contributed by atoms with Crippen LogP contribution < -0.4 is 4.74 Å². The Bertz CT molecular complexity index is 716. The first kappa shape index (κ1) is 15.1. The van der Waals surface area contributed by atoms with Gasteiger partial charge in [0.2, 0.25) is 5.88 Å². The van der Waals surface area contributed by atoms with E-state index in [0.29, 0.717) is 11.4 Å². The van der Waals surface area contributed by atoms with Crippen LogP contribution in [0.3, 0.4) is 0 Å². The van der Waals surface area contributed by atoms with Gasteiger partial charge in [-0.05, 0) is 55.9 Å². The summed E-state index contributed by atoms with van der Waals surface area (Å²) in [7, 11) is 0. The second-order valence-corrected chi connectivity index (χ2v) is 6.49. The topological polar surface area (TPSA) is 55.3 Å². The average Bonchev–Trinajstić information content (AvgIpc) is 3.08. The molecule has 1 aliphatic heterocycles. The zero-order valence-corrected chi connectivity index (χ0v) is 13.6. The molecule has 0 N–H and O–H groups in total. The molecule has 3 heterocycles. The largest absolute Gasteiger partial charge is 0.474 e. The van der Waals surface area contributed by atoms with Crippen molar-refractivity contribution in [2.75, 3.05) is 6.54 Å². The number of pyridine rings is 2. The molecular weight excluding hydrogens is 302 g/mol. The minimum absolute atomic E-state index is 0.0511. The molecular formula is C19H21N3O2. The summed E-state index contributed by atoms with van der Waals surface area (Å²) in [6, 6.07) is 7.67. The molecule has 0 aromatic carbocycles. The Morgan fingerprint density at radius 1 is 1.08 bits per heavy atom. The summed E-state index contributed by atoms with van der Waals surface area (Å²) < 4.78 is 5.83. The summed E-state index contributed by atoms with van der Waals surface area (Å²) in [6.07, 6.45) is 10.9. The second-order valence-electron chi connectivity index (χ2n) is 6.49. The molecule has 4 rings (SSSR count). The molecule has 0 spiro atoms. The Morgan fingerprint density at radius 3 is 2.67 bits per heavy atom. The van der Waals surface area contributed by atoms with Gasteiger partial charge in [0, 0.05) is 36.8 Å². The van der Waals surface area contributed by atoms with Crippen LogP contribution in [0.4, 0.5) is 0 Å². The van der Waals surface area contributed by atoms with Crippen LogP contribution in [0, 0.1) is 0 Å². The second kappa shape index (κ2) is 6.59. The monoisotopic (exact) mass is 323 g/mol. The number of likely N-dealkylation sites (tertiary alicyclic amines) is 1. The predicted octanol–water partition coefficient (Wildman–Crippen LogP) is 3.39. The maximum Gasteiger partial charge on any atom is 0.254 e. The molecule has 1 amide bonds. The number of rotatable bonds is 4. The molecule has 2 aromatic rings. The Kier molecular flexibility index (Phi) is 4.15. The lowest BCUT2D eigenvalue weighted by atomic mass is 9.96. The number of hydrogen-bond acceptors (Lipinski definition) is 4. The predicted molar refractivity (Wildman–Crippen MR) is 89.8 cm³/mol. The van der Waals surface area contributed by atoms with Crippen LogP contribution in [-0.4, -0.2) is 33.4 Å². The Balaban J connectivity index is 1.53. The molecule has 0 unspecified atom stereocenters. The third-order valence-corrected chi connectivity index (χ3v) is 4.93. The van der Waals surface area contributed by atoms with Gasteiger partial charge in [-0.1, -0.05) is 0 Å². The van der Waals surface area contributed by atoms with Gasteiger partial charge < -0.3 is 9.64 Å². The van der Waals surface area contributed by atoms with Crippen molar-refractivity contribution in [1.29, 1.82) is 0 Å². The summed E-state index contributed by atoms with van der Waals surface area (Å²) >= 11 is 0. The van der Waals surface area contributed by atoms with E-state index < -0.39 is 0 Å². The highest BCUT2D eigenvalue weighted by molar-refractivity contribution is 5.94. The van der Waals surface area contributed by atoms with Crippen LogP contribution in [0.25, 0.3) is 0 Å². The van der Waals surface area contributed by atoms with E-state index in [1.807, 2.05) is 17.0 Å². The third kappa shape index (κ3) is 2.98. The average molecular weight is 323 g/mol. The molecule has 2 fully saturated rings. The van der Waals surface area contributed by atoms with E-state index in [-0.39, 0.29) is 18.1 Å². The van der Waals surface area contributed by atoms with Crippen LogP contribution in [0.5, 0.6) is 5.88 Å². The quantitative estimate of drug-likeness (QED) is 0.865. The number of carbonyl (C=O) groups excluding carboxylic acids is 1. The highest BCUT2D eigenvalue weighted by Gasteiger charge is 2.31. The van der Waals surface area contributed by atoms with Crippen LogP contribution in [0.2, 0.25) is 0 Å².